The molecule has 0 radical (unpaired) electrons. The molecular formula is C14H28N2. The van der Waals surface area contributed by atoms with Gasteiger partial charge in [0.2, 0.25) is 0 Å². The van der Waals surface area contributed by atoms with E-state index in [9.17, 15) is 0 Å². The van der Waals surface area contributed by atoms with Crippen molar-refractivity contribution < 1.29 is 0 Å². The molecule has 0 amide bonds. The van der Waals surface area contributed by atoms with Crippen LogP contribution in [0.2, 0.25) is 0 Å². The molecule has 2 heteroatoms. The summed E-state index contributed by atoms with van der Waals surface area (Å²) >= 11 is 0. The monoisotopic (exact) mass is 224 g/mol. The standard InChI is InChI=1S/C14H28N2/c1-5-7-15-8-6-14(13(4)9-15)10-16(11-14)12(2)3/h12-13H,5-11H2,1-4H3. The van der Waals surface area contributed by atoms with Crippen molar-refractivity contribution in [3.63, 3.8) is 0 Å². The summed E-state index contributed by atoms with van der Waals surface area (Å²) in [5, 5.41) is 0. The minimum absolute atomic E-state index is 0.675. The number of rotatable bonds is 3. The zero-order valence-corrected chi connectivity index (χ0v) is 11.5. The molecule has 2 heterocycles. The van der Waals surface area contributed by atoms with E-state index in [1.807, 2.05) is 0 Å². The van der Waals surface area contributed by atoms with Crippen molar-refractivity contribution in [2.75, 3.05) is 32.7 Å². The van der Waals surface area contributed by atoms with Gasteiger partial charge in [-0.1, -0.05) is 13.8 Å². The quantitative estimate of drug-likeness (QED) is 0.726. The van der Waals surface area contributed by atoms with E-state index in [0.29, 0.717) is 5.41 Å². The minimum Gasteiger partial charge on any atom is -0.303 e. The highest BCUT2D eigenvalue weighted by Gasteiger charge is 2.49. The summed E-state index contributed by atoms with van der Waals surface area (Å²) in [5.74, 6) is 0.891. The summed E-state index contributed by atoms with van der Waals surface area (Å²) in [6.07, 6.45) is 2.73. The van der Waals surface area contributed by atoms with E-state index in [-0.39, 0.29) is 0 Å². The van der Waals surface area contributed by atoms with E-state index in [2.05, 4.69) is 37.5 Å². The first kappa shape index (κ1) is 12.4. The Hall–Kier alpha value is -0.0800. The van der Waals surface area contributed by atoms with E-state index < -0.39 is 0 Å². The van der Waals surface area contributed by atoms with Gasteiger partial charge in [0, 0.05) is 31.1 Å². The van der Waals surface area contributed by atoms with Gasteiger partial charge in [-0.05, 0) is 45.7 Å². The summed E-state index contributed by atoms with van der Waals surface area (Å²) in [5.41, 5.74) is 0.675. The molecule has 0 aliphatic carbocycles. The minimum atomic E-state index is 0.675. The molecule has 0 aromatic heterocycles. The Morgan fingerprint density at radius 3 is 2.50 bits per heavy atom. The first-order valence-electron chi connectivity index (χ1n) is 7.04. The lowest BCUT2D eigenvalue weighted by molar-refractivity contribution is -0.0977. The van der Waals surface area contributed by atoms with Crippen LogP contribution in [0.1, 0.15) is 40.5 Å². The van der Waals surface area contributed by atoms with Gasteiger partial charge in [-0.25, -0.2) is 0 Å². The third-order valence-corrected chi connectivity index (χ3v) is 4.81. The summed E-state index contributed by atoms with van der Waals surface area (Å²) in [7, 11) is 0. The number of hydrogen-bond donors (Lipinski definition) is 0. The lowest BCUT2D eigenvalue weighted by Crippen LogP contribution is -2.65. The van der Waals surface area contributed by atoms with Crippen molar-refractivity contribution in [1.82, 2.24) is 9.80 Å². The molecule has 2 aliphatic rings. The summed E-state index contributed by atoms with van der Waals surface area (Å²) in [6, 6.07) is 0.742. The number of hydrogen-bond acceptors (Lipinski definition) is 2. The highest BCUT2D eigenvalue weighted by Crippen LogP contribution is 2.44. The topological polar surface area (TPSA) is 6.48 Å². The second-order valence-corrected chi connectivity index (χ2v) is 6.31. The molecule has 16 heavy (non-hydrogen) atoms. The van der Waals surface area contributed by atoms with Crippen molar-refractivity contribution >= 4 is 0 Å². The van der Waals surface area contributed by atoms with Crippen LogP contribution < -0.4 is 0 Å². The largest absolute Gasteiger partial charge is 0.303 e. The molecule has 0 N–H and O–H groups in total. The van der Waals surface area contributed by atoms with Crippen molar-refractivity contribution in [2.45, 2.75) is 46.6 Å². The van der Waals surface area contributed by atoms with Crippen LogP contribution in [-0.2, 0) is 0 Å². The molecule has 0 bridgehead atoms. The van der Waals surface area contributed by atoms with Gasteiger partial charge in [0.05, 0.1) is 0 Å². The molecule has 0 aromatic rings. The van der Waals surface area contributed by atoms with E-state index in [1.165, 1.54) is 45.6 Å². The smallest absolute Gasteiger partial charge is 0.00567 e. The first-order valence-corrected chi connectivity index (χ1v) is 7.04. The molecule has 1 spiro atoms. The van der Waals surface area contributed by atoms with Gasteiger partial charge in [-0.2, -0.15) is 0 Å². The number of likely N-dealkylation sites (tertiary alicyclic amines) is 2. The normalized spacial score (nSPS) is 30.9. The van der Waals surface area contributed by atoms with Gasteiger partial charge >= 0.3 is 0 Å². The van der Waals surface area contributed by atoms with E-state index in [1.54, 1.807) is 0 Å². The number of nitrogens with zero attached hydrogens (tertiary/aromatic N) is 2. The van der Waals surface area contributed by atoms with Crippen molar-refractivity contribution in [2.24, 2.45) is 11.3 Å². The predicted molar refractivity (Wildman–Crippen MR) is 69.7 cm³/mol. The van der Waals surface area contributed by atoms with Gasteiger partial charge in [0.1, 0.15) is 0 Å². The lowest BCUT2D eigenvalue weighted by Gasteiger charge is -2.59. The van der Waals surface area contributed by atoms with Crippen LogP contribution in [0.4, 0.5) is 0 Å². The van der Waals surface area contributed by atoms with Crippen LogP contribution in [-0.4, -0.2) is 48.6 Å². The Kier molecular flexibility index (Phi) is 3.60. The van der Waals surface area contributed by atoms with Gasteiger partial charge in [0.25, 0.3) is 0 Å². The maximum atomic E-state index is 2.66. The maximum Gasteiger partial charge on any atom is 0.00567 e. The second-order valence-electron chi connectivity index (χ2n) is 6.31. The molecular weight excluding hydrogens is 196 g/mol. The molecule has 1 atom stereocenters. The molecule has 1 unspecified atom stereocenters. The first-order chi connectivity index (χ1) is 7.57. The Bertz CT molecular complexity index is 231. The fourth-order valence-corrected chi connectivity index (χ4v) is 3.42. The zero-order valence-electron chi connectivity index (χ0n) is 11.5. The highest BCUT2D eigenvalue weighted by molar-refractivity contribution is 5.02. The molecule has 0 saturated carbocycles. The molecule has 2 saturated heterocycles. The average Bonchev–Trinajstić information content (AvgIpc) is 2.15. The van der Waals surface area contributed by atoms with Crippen LogP contribution in [0.3, 0.4) is 0 Å². The number of piperidine rings is 1. The fraction of sp³-hybridized carbons (Fsp3) is 1.00. The summed E-state index contributed by atoms with van der Waals surface area (Å²) in [6.45, 7) is 16.1. The molecule has 2 fully saturated rings. The Labute approximate surface area is 101 Å². The fourth-order valence-electron chi connectivity index (χ4n) is 3.42. The Balaban J connectivity index is 1.86. The highest BCUT2D eigenvalue weighted by atomic mass is 15.2. The third kappa shape index (κ3) is 2.14. The predicted octanol–water partition coefficient (Wildman–Crippen LogP) is 2.45. The van der Waals surface area contributed by atoms with E-state index in [4.69, 9.17) is 0 Å². The van der Waals surface area contributed by atoms with Gasteiger partial charge < -0.3 is 4.90 Å². The molecule has 2 nitrogen and oxygen atoms in total. The van der Waals surface area contributed by atoms with Crippen LogP contribution in [0.25, 0.3) is 0 Å². The van der Waals surface area contributed by atoms with Gasteiger partial charge in [0.15, 0.2) is 0 Å². The van der Waals surface area contributed by atoms with Gasteiger partial charge in [-0.3, -0.25) is 4.90 Å². The SMILES string of the molecule is CCCN1CCC2(CN(C(C)C)C2)C(C)C1. The van der Waals surface area contributed by atoms with Crippen molar-refractivity contribution in [1.29, 1.82) is 0 Å². The molecule has 0 aromatic carbocycles. The van der Waals surface area contributed by atoms with E-state index >= 15 is 0 Å². The molecule has 94 valence electrons. The van der Waals surface area contributed by atoms with Crippen molar-refractivity contribution in [3.05, 3.63) is 0 Å². The second kappa shape index (κ2) is 4.66. The lowest BCUT2D eigenvalue weighted by atomic mass is 9.65. The molecule has 2 rings (SSSR count). The molecule has 2 aliphatic heterocycles. The van der Waals surface area contributed by atoms with E-state index in [0.717, 1.165) is 12.0 Å². The third-order valence-electron chi connectivity index (χ3n) is 4.81. The Morgan fingerprint density at radius 1 is 1.31 bits per heavy atom. The van der Waals surface area contributed by atoms with Crippen LogP contribution in [0.15, 0.2) is 0 Å². The summed E-state index contributed by atoms with van der Waals surface area (Å²) < 4.78 is 0. The maximum absolute atomic E-state index is 2.66. The van der Waals surface area contributed by atoms with Crippen LogP contribution >= 0.6 is 0 Å². The van der Waals surface area contributed by atoms with Crippen LogP contribution in [0.5, 0.6) is 0 Å². The van der Waals surface area contributed by atoms with Gasteiger partial charge in [-0.15, -0.1) is 0 Å². The van der Waals surface area contributed by atoms with Crippen LogP contribution in [0, 0.1) is 11.3 Å². The average molecular weight is 224 g/mol. The zero-order chi connectivity index (χ0) is 11.8. The summed E-state index contributed by atoms with van der Waals surface area (Å²) in [4.78, 5) is 5.29. The van der Waals surface area contributed by atoms with Crippen molar-refractivity contribution in [3.8, 4) is 0 Å². The Morgan fingerprint density at radius 2 is 2.00 bits per heavy atom.